The Balaban J connectivity index is 1.91. The van der Waals surface area contributed by atoms with E-state index in [-0.39, 0.29) is 29.2 Å². The van der Waals surface area contributed by atoms with Crippen LogP contribution in [0.1, 0.15) is 69.8 Å². The highest BCUT2D eigenvalue weighted by atomic mass is 19.1. The fraction of sp³-hybridized carbons (Fsp3) is 0.367. The van der Waals surface area contributed by atoms with Crippen LogP contribution < -0.4 is 9.47 Å². The standard InChI is InChI=1S/C30H35FO4/c1-19(15-29(32)34-7)21-9-8-10-24(16-21)35-20(2)22-11-13-25(27(17-22)30(3,4)5)26-18-23(33-6)12-14-28(26)31/h8-14,16-20H,15H2,1-7H3/t19-,20-/m1/s1. The van der Waals surface area contributed by atoms with Crippen LogP contribution in [0.5, 0.6) is 11.5 Å². The molecular weight excluding hydrogens is 443 g/mol. The first-order chi connectivity index (χ1) is 16.5. The fourth-order valence-corrected chi connectivity index (χ4v) is 4.13. The summed E-state index contributed by atoms with van der Waals surface area (Å²) in [6.45, 7) is 10.3. The Morgan fingerprint density at radius 2 is 1.63 bits per heavy atom. The SMILES string of the molecule is COC(=O)C[C@@H](C)c1cccc(O[C@H](C)c2ccc(-c3cc(OC)ccc3F)c(C(C)(C)C)c2)c1. The number of carbonyl (C=O) groups is 1. The number of rotatable bonds is 8. The van der Waals surface area contributed by atoms with Gasteiger partial charge in [0.2, 0.25) is 0 Å². The van der Waals surface area contributed by atoms with E-state index in [1.807, 2.05) is 50.2 Å². The summed E-state index contributed by atoms with van der Waals surface area (Å²) in [5.41, 5.74) is 4.17. The van der Waals surface area contributed by atoms with Crippen molar-refractivity contribution in [3.8, 4) is 22.6 Å². The molecule has 0 aliphatic heterocycles. The minimum Gasteiger partial charge on any atom is -0.497 e. The first kappa shape index (κ1) is 26.3. The lowest BCUT2D eigenvalue weighted by Gasteiger charge is -2.26. The van der Waals surface area contributed by atoms with Crippen LogP contribution in [0.4, 0.5) is 4.39 Å². The van der Waals surface area contributed by atoms with Crippen LogP contribution in [0.25, 0.3) is 11.1 Å². The number of esters is 1. The minimum atomic E-state index is -0.286. The molecule has 0 spiro atoms. The monoisotopic (exact) mass is 478 g/mol. The number of ether oxygens (including phenoxy) is 3. The van der Waals surface area contributed by atoms with Gasteiger partial charge in [0, 0.05) is 5.56 Å². The average molecular weight is 479 g/mol. The molecule has 2 atom stereocenters. The summed E-state index contributed by atoms with van der Waals surface area (Å²) < 4.78 is 31.2. The second kappa shape index (κ2) is 10.9. The van der Waals surface area contributed by atoms with Gasteiger partial charge in [-0.15, -0.1) is 0 Å². The molecule has 0 amide bonds. The van der Waals surface area contributed by atoms with E-state index in [0.29, 0.717) is 17.7 Å². The summed E-state index contributed by atoms with van der Waals surface area (Å²) in [5.74, 6) is 0.840. The highest BCUT2D eigenvalue weighted by Gasteiger charge is 2.23. The zero-order valence-electron chi connectivity index (χ0n) is 21.6. The van der Waals surface area contributed by atoms with Crippen molar-refractivity contribution in [3.05, 3.63) is 83.2 Å². The van der Waals surface area contributed by atoms with E-state index in [0.717, 1.165) is 28.0 Å². The molecule has 0 heterocycles. The smallest absolute Gasteiger partial charge is 0.306 e. The van der Waals surface area contributed by atoms with Gasteiger partial charge in [0.1, 0.15) is 23.4 Å². The molecule has 35 heavy (non-hydrogen) atoms. The van der Waals surface area contributed by atoms with Crippen molar-refractivity contribution in [1.29, 1.82) is 0 Å². The van der Waals surface area contributed by atoms with E-state index < -0.39 is 0 Å². The Labute approximate surface area is 208 Å². The molecule has 0 radical (unpaired) electrons. The van der Waals surface area contributed by atoms with Crippen LogP contribution in [-0.2, 0) is 14.9 Å². The molecule has 0 unspecified atom stereocenters. The molecule has 3 rings (SSSR count). The maximum absolute atomic E-state index is 14.8. The van der Waals surface area contributed by atoms with Crippen molar-refractivity contribution in [2.24, 2.45) is 0 Å². The van der Waals surface area contributed by atoms with E-state index >= 15 is 0 Å². The summed E-state index contributed by atoms with van der Waals surface area (Å²) in [7, 11) is 2.98. The normalized spacial score (nSPS) is 13.1. The van der Waals surface area contributed by atoms with Gasteiger partial charge >= 0.3 is 5.97 Å². The van der Waals surface area contributed by atoms with E-state index in [2.05, 4.69) is 26.8 Å². The second-order valence-electron chi connectivity index (χ2n) is 9.91. The van der Waals surface area contributed by atoms with Gasteiger partial charge in [-0.2, -0.15) is 0 Å². The van der Waals surface area contributed by atoms with Crippen molar-refractivity contribution in [2.75, 3.05) is 14.2 Å². The molecule has 0 bridgehead atoms. The van der Waals surface area contributed by atoms with Gasteiger partial charge < -0.3 is 14.2 Å². The Kier molecular flexibility index (Phi) is 8.21. The van der Waals surface area contributed by atoms with Gasteiger partial charge in [0.05, 0.1) is 20.6 Å². The van der Waals surface area contributed by atoms with Crippen molar-refractivity contribution >= 4 is 5.97 Å². The lowest BCUT2D eigenvalue weighted by molar-refractivity contribution is -0.140. The molecule has 0 aromatic heterocycles. The van der Waals surface area contributed by atoms with Crippen LogP contribution >= 0.6 is 0 Å². The average Bonchev–Trinajstić information content (AvgIpc) is 2.83. The number of hydrogen-bond donors (Lipinski definition) is 0. The topological polar surface area (TPSA) is 44.8 Å². The van der Waals surface area contributed by atoms with Gasteiger partial charge in [0.15, 0.2) is 0 Å². The van der Waals surface area contributed by atoms with Gasteiger partial charge in [-0.1, -0.05) is 58.0 Å². The maximum Gasteiger partial charge on any atom is 0.306 e. The zero-order chi connectivity index (χ0) is 25.8. The third-order valence-electron chi connectivity index (χ3n) is 6.23. The van der Waals surface area contributed by atoms with Gasteiger partial charge in [0.25, 0.3) is 0 Å². The fourth-order valence-electron chi connectivity index (χ4n) is 4.13. The third kappa shape index (κ3) is 6.41. The molecule has 5 heteroatoms. The molecule has 186 valence electrons. The highest BCUT2D eigenvalue weighted by molar-refractivity contribution is 5.71. The predicted molar refractivity (Wildman–Crippen MR) is 138 cm³/mol. The number of hydrogen-bond acceptors (Lipinski definition) is 4. The van der Waals surface area contributed by atoms with Gasteiger partial charge in [-0.25, -0.2) is 4.39 Å². The van der Waals surface area contributed by atoms with E-state index in [4.69, 9.17) is 14.2 Å². The molecule has 0 saturated heterocycles. The molecule has 3 aromatic rings. The summed E-state index contributed by atoms with van der Waals surface area (Å²) in [6.07, 6.45) is 0.0821. The van der Waals surface area contributed by atoms with E-state index in [1.54, 1.807) is 19.2 Å². The van der Waals surface area contributed by atoms with Crippen LogP contribution in [0.15, 0.2) is 60.7 Å². The first-order valence-electron chi connectivity index (χ1n) is 11.8. The van der Waals surface area contributed by atoms with Crippen molar-refractivity contribution in [3.63, 3.8) is 0 Å². The first-order valence-corrected chi connectivity index (χ1v) is 11.8. The molecular formula is C30H35FO4. The Morgan fingerprint density at radius 1 is 0.886 bits per heavy atom. The zero-order valence-corrected chi connectivity index (χ0v) is 21.6. The summed E-state index contributed by atoms with van der Waals surface area (Å²) in [5, 5.41) is 0. The van der Waals surface area contributed by atoms with Gasteiger partial charge in [-0.3, -0.25) is 4.79 Å². The van der Waals surface area contributed by atoms with Crippen molar-refractivity contribution in [1.82, 2.24) is 0 Å². The molecule has 3 aromatic carbocycles. The summed E-state index contributed by atoms with van der Waals surface area (Å²) in [4.78, 5) is 11.7. The van der Waals surface area contributed by atoms with Crippen LogP contribution in [0, 0.1) is 5.82 Å². The summed E-state index contributed by atoms with van der Waals surface area (Å²) >= 11 is 0. The molecule has 0 aliphatic rings. The Morgan fingerprint density at radius 3 is 2.29 bits per heavy atom. The molecule has 4 nitrogen and oxygen atoms in total. The Bertz CT molecular complexity index is 1180. The molecule has 0 saturated carbocycles. The largest absolute Gasteiger partial charge is 0.497 e. The van der Waals surface area contributed by atoms with Crippen molar-refractivity contribution < 1.29 is 23.4 Å². The van der Waals surface area contributed by atoms with Crippen LogP contribution in [0.2, 0.25) is 0 Å². The Hall–Kier alpha value is -3.34. The highest BCUT2D eigenvalue weighted by Crippen LogP contribution is 2.38. The predicted octanol–water partition coefficient (Wildman–Crippen LogP) is 7.61. The van der Waals surface area contributed by atoms with Crippen LogP contribution in [0.3, 0.4) is 0 Å². The number of halogens is 1. The third-order valence-corrected chi connectivity index (χ3v) is 6.23. The minimum absolute atomic E-state index is 0.0193. The molecule has 0 fully saturated rings. The second-order valence-corrected chi connectivity index (χ2v) is 9.91. The number of methoxy groups -OCH3 is 2. The van der Waals surface area contributed by atoms with Gasteiger partial charge in [-0.05, 0) is 70.8 Å². The van der Waals surface area contributed by atoms with Crippen LogP contribution in [-0.4, -0.2) is 20.2 Å². The molecule has 0 N–H and O–H groups in total. The summed E-state index contributed by atoms with van der Waals surface area (Å²) in [6, 6.07) is 18.6. The van der Waals surface area contributed by atoms with E-state index in [1.165, 1.54) is 13.2 Å². The lowest BCUT2D eigenvalue weighted by atomic mass is 9.80. The van der Waals surface area contributed by atoms with Crippen molar-refractivity contribution in [2.45, 2.75) is 58.5 Å². The quantitative estimate of drug-likeness (QED) is 0.313. The van der Waals surface area contributed by atoms with E-state index in [9.17, 15) is 9.18 Å². The number of carbonyl (C=O) groups excluding carboxylic acids is 1. The lowest BCUT2D eigenvalue weighted by Crippen LogP contribution is -2.15. The number of benzene rings is 3. The molecule has 0 aliphatic carbocycles. The maximum atomic E-state index is 14.8.